The Hall–Kier alpha value is -10.6. The van der Waals surface area contributed by atoms with Crippen LogP contribution in [-0.4, -0.2) is 34.1 Å². The quantitative estimate of drug-likeness (QED) is 0.129. The van der Waals surface area contributed by atoms with Gasteiger partial charge in [0.05, 0.1) is 39.1 Å². The van der Waals surface area contributed by atoms with Crippen molar-refractivity contribution >= 4 is 22.1 Å². The van der Waals surface area contributed by atoms with Crippen LogP contribution in [0.4, 0.5) is 0 Å². The maximum absolute atomic E-state index is 5.48. The van der Waals surface area contributed by atoms with Gasteiger partial charge in [-0.3, -0.25) is 24.1 Å². The summed E-state index contributed by atoms with van der Waals surface area (Å²) in [5, 5.41) is 0. The van der Waals surface area contributed by atoms with Crippen molar-refractivity contribution in [2.24, 2.45) is 0 Å². The molecule has 7 nitrogen and oxygen atoms in total. The van der Waals surface area contributed by atoms with E-state index in [4.69, 9.17) is 15.0 Å². The normalized spacial score (nSPS) is 11.3. The van der Waals surface area contributed by atoms with Crippen molar-refractivity contribution in [3.63, 3.8) is 0 Å². The fourth-order valence-corrected chi connectivity index (χ4v) is 10.8. The van der Waals surface area contributed by atoms with Crippen molar-refractivity contribution in [2.45, 2.75) is 0 Å². The summed E-state index contributed by atoms with van der Waals surface area (Å²) in [5.74, 6) is 1.62. The van der Waals surface area contributed by atoms with Crippen molar-refractivity contribution in [3.8, 4) is 112 Å². The lowest BCUT2D eigenvalue weighted by Crippen LogP contribution is -2.01. The summed E-state index contributed by atoms with van der Waals surface area (Å²) in [6, 6.07) is 93.9. The second-order valence-electron chi connectivity index (χ2n) is 19.3. The van der Waals surface area contributed by atoms with E-state index in [0.717, 1.165) is 129 Å². The topological polar surface area (TPSA) is 74.3 Å². The maximum Gasteiger partial charge on any atom is 0.145 e. The average molecular weight is 998 g/mol. The molecule has 0 aliphatic carbocycles. The fourth-order valence-electron chi connectivity index (χ4n) is 10.8. The van der Waals surface area contributed by atoms with Crippen molar-refractivity contribution in [1.29, 1.82) is 0 Å². The first-order valence-electron chi connectivity index (χ1n) is 26.1. The first kappa shape index (κ1) is 45.9. The SMILES string of the molecule is c1ccc(-c2ccc(-c3cc(-c4ccccn4)ccc3-c3ccccc3-c3cc(-c4nc5ccccc5n4-c4ccc(-c5ccccn5)cc4)cc(-c4nc5ccccc5n4-c4ccc(-c5ccccn5)cc4)c3)cc2)cc1. The van der Waals surface area contributed by atoms with E-state index in [1.165, 1.54) is 5.56 Å². The number of imidazole rings is 2. The number of fused-ring (bicyclic) bond motifs is 2. The van der Waals surface area contributed by atoms with E-state index in [2.05, 4.69) is 237 Å². The molecule has 0 saturated heterocycles. The smallest absolute Gasteiger partial charge is 0.145 e. The van der Waals surface area contributed by atoms with Crippen LogP contribution >= 0.6 is 0 Å². The van der Waals surface area contributed by atoms with Crippen LogP contribution in [0.3, 0.4) is 0 Å². The molecule has 0 fully saturated rings. The third kappa shape index (κ3) is 8.61. The molecule has 14 aromatic rings. The van der Waals surface area contributed by atoms with E-state index in [9.17, 15) is 0 Å². The van der Waals surface area contributed by atoms with Gasteiger partial charge in [-0.05, 0) is 154 Å². The largest absolute Gasteiger partial charge is 0.292 e. The second kappa shape index (κ2) is 19.9. The molecule has 0 bridgehead atoms. The Morgan fingerprint density at radius 3 is 1.15 bits per heavy atom. The molecule has 78 heavy (non-hydrogen) atoms. The number of nitrogens with zero attached hydrogens (tertiary/aromatic N) is 7. The minimum Gasteiger partial charge on any atom is -0.292 e. The van der Waals surface area contributed by atoms with Crippen molar-refractivity contribution in [2.75, 3.05) is 0 Å². The fraction of sp³-hybridized carbons (Fsp3) is 0. The third-order valence-electron chi connectivity index (χ3n) is 14.6. The summed E-state index contributed by atoms with van der Waals surface area (Å²) >= 11 is 0. The molecule has 7 heteroatoms. The average Bonchev–Trinajstić information content (AvgIpc) is 4.16. The third-order valence-corrected chi connectivity index (χ3v) is 14.6. The van der Waals surface area contributed by atoms with Gasteiger partial charge < -0.3 is 0 Å². The number of hydrogen-bond donors (Lipinski definition) is 0. The summed E-state index contributed by atoms with van der Waals surface area (Å²) in [4.78, 5) is 25.1. The standard InChI is InChI=1S/C71H47N7/c1-2-16-48(17-3-1)49-27-29-50(30-28-49)62-47-53(65-22-12-15-43-74-65)35-40-61(62)60-19-5-4-18-59(60)54-44-55(70-75-66-23-6-8-25-68(66)77(70)57-36-31-51(32-37-57)63-20-10-13-41-72-63)46-56(45-54)71-76-67-24-7-9-26-69(67)78(71)58-38-33-52(34-39-58)64-21-11-14-42-73-64/h1-47H. The van der Waals surface area contributed by atoms with Crippen LogP contribution in [0.25, 0.3) is 134 Å². The number of pyridine rings is 3. The summed E-state index contributed by atoms with van der Waals surface area (Å²) in [5.41, 5.74) is 22.4. The highest BCUT2D eigenvalue weighted by Gasteiger charge is 2.23. The zero-order valence-electron chi connectivity index (χ0n) is 42.3. The van der Waals surface area contributed by atoms with Gasteiger partial charge in [-0.2, -0.15) is 0 Å². The van der Waals surface area contributed by atoms with Crippen molar-refractivity contribution in [1.82, 2.24) is 34.1 Å². The van der Waals surface area contributed by atoms with Crippen molar-refractivity contribution in [3.05, 3.63) is 286 Å². The zero-order valence-corrected chi connectivity index (χ0v) is 42.3. The van der Waals surface area contributed by atoms with Gasteiger partial charge in [0.25, 0.3) is 0 Å². The predicted molar refractivity (Wildman–Crippen MR) is 318 cm³/mol. The lowest BCUT2D eigenvalue weighted by molar-refractivity contribution is 1.09. The van der Waals surface area contributed by atoms with E-state index in [1.54, 1.807) is 0 Å². The molecule has 0 aliphatic heterocycles. The second-order valence-corrected chi connectivity index (χ2v) is 19.3. The minimum absolute atomic E-state index is 0.809. The molecule has 0 aliphatic rings. The van der Waals surface area contributed by atoms with Gasteiger partial charge >= 0.3 is 0 Å². The number of aromatic nitrogens is 7. The van der Waals surface area contributed by atoms with Crippen LogP contribution in [0.2, 0.25) is 0 Å². The summed E-state index contributed by atoms with van der Waals surface area (Å²) < 4.78 is 4.55. The highest BCUT2D eigenvalue weighted by molar-refractivity contribution is 5.96. The van der Waals surface area contributed by atoms with Gasteiger partial charge in [-0.15, -0.1) is 0 Å². The van der Waals surface area contributed by atoms with Gasteiger partial charge in [-0.1, -0.05) is 158 Å². The Bertz CT molecular complexity index is 4260. The molecular weight excluding hydrogens is 951 g/mol. The van der Waals surface area contributed by atoms with Crippen molar-refractivity contribution < 1.29 is 0 Å². The molecule has 0 saturated carbocycles. The van der Waals surface area contributed by atoms with Crippen LogP contribution in [0.1, 0.15) is 0 Å². The molecule has 0 spiro atoms. The summed E-state index contributed by atoms with van der Waals surface area (Å²) in [6.07, 6.45) is 5.52. The van der Waals surface area contributed by atoms with Crippen LogP contribution in [0.15, 0.2) is 286 Å². The number of para-hydroxylation sites is 4. The minimum atomic E-state index is 0.809. The van der Waals surface area contributed by atoms with E-state index in [-0.39, 0.29) is 0 Å². The Labute approximate surface area is 451 Å². The van der Waals surface area contributed by atoms with Crippen LogP contribution in [-0.2, 0) is 0 Å². The molecule has 0 radical (unpaired) electrons. The van der Waals surface area contributed by atoms with Gasteiger partial charge in [-0.25, -0.2) is 9.97 Å². The van der Waals surface area contributed by atoms with Gasteiger partial charge in [0, 0.05) is 57.8 Å². The van der Waals surface area contributed by atoms with Gasteiger partial charge in [0.2, 0.25) is 0 Å². The lowest BCUT2D eigenvalue weighted by Gasteiger charge is -2.18. The molecule has 0 N–H and O–H groups in total. The number of hydrogen-bond acceptors (Lipinski definition) is 5. The van der Waals surface area contributed by atoms with E-state index < -0.39 is 0 Å². The number of benzene rings is 9. The Kier molecular flexibility index (Phi) is 11.7. The molecule has 0 unspecified atom stereocenters. The zero-order chi connectivity index (χ0) is 51.8. The highest BCUT2D eigenvalue weighted by atomic mass is 15.1. The summed E-state index contributed by atoms with van der Waals surface area (Å²) in [7, 11) is 0. The maximum atomic E-state index is 5.48. The molecule has 366 valence electrons. The first-order chi connectivity index (χ1) is 38.7. The number of rotatable bonds is 11. The van der Waals surface area contributed by atoms with E-state index in [0.29, 0.717) is 0 Å². The molecule has 9 aromatic carbocycles. The Balaban J connectivity index is 0.991. The molecule has 5 heterocycles. The lowest BCUT2D eigenvalue weighted by atomic mass is 9.87. The van der Waals surface area contributed by atoms with Gasteiger partial charge in [0.15, 0.2) is 0 Å². The molecule has 0 atom stereocenters. The van der Waals surface area contributed by atoms with Crippen LogP contribution in [0.5, 0.6) is 0 Å². The van der Waals surface area contributed by atoms with E-state index in [1.807, 2.05) is 67.1 Å². The monoisotopic (exact) mass is 997 g/mol. The predicted octanol–water partition coefficient (Wildman–Crippen LogP) is 17.6. The molecule has 0 amide bonds. The molecule has 14 rings (SSSR count). The van der Waals surface area contributed by atoms with Gasteiger partial charge in [0.1, 0.15) is 11.6 Å². The molecular formula is C71H47N7. The Morgan fingerprint density at radius 2 is 0.628 bits per heavy atom. The summed E-state index contributed by atoms with van der Waals surface area (Å²) in [6.45, 7) is 0. The Morgan fingerprint density at radius 1 is 0.231 bits per heavy atom. The van der Waals surface area contributed by atoms with E-state index >= 15 is 0 Å². The highest BCUT2D eigenvalue weighted by Crippen LogP contribution is 2.44. The molecule has 5 aromatic heterocycles. The van der Waals surface area contributed by atoms with Crippen LogP contribution < -0.4 is 0 Å². The van der Waals surface area contributed by atoms with Crippen LogP contribution in [0, 0.1) is 0 Å². The first-order valence-corrected chi connectivity index (χ1v) is 26.1.